The molecule has 104 valence electrons. The van der Waals surface area contributed by atoms with Gasteiger partial charge in [0.25, 0.3) is 0 Å². The Morgan fingerprint density at radius 3 is 2.24 bits per heavy atom. The summed E-state index contributed by atoms with van der Waals surface area (Å²) in [6.07, 6.45) is 7.75. The van der Waals surface area contributed by atoms with Gasteiger partial charge in [0.2, 0.25) is 0 Å². The number of hydrogen-bond acceptors (Lipinski definition) is 2. The van der Waals surface area contributed by atoms with Gasteiger partial charge >= 0.3 is 0 Å². The summed E-state index contributed by atoms with van der Waals surface area (Å²) in [6, 6.07) is 0.588. The van der Waals surface area contributed by atoms with E-state index in [9.17, 15) is 0 Å². The molecule has 0 aliphatic heterocycles. The Morgan fingerprint density at radius 2 is 1.76 bits per heavy atom. The van der Waals surface area contributed by atoms with Gasteiger partial charge in [-0.15, -0.1) is 0 Å². The van der Waals surface area contributed by atoms with Crippen LogP contribution in [0.15, 0.2) is 0 Å². The van der Waals surface area contributed by atoms with E-state index in [-0.39, 0.29) is 0 Å². The van der Waals surface area contributed by atoms with E-state index in [0.29, 0.717) is 11.5 Å². The standard InChI is InChI=1S/C15H33NO/c1-6-8-10-15(7-2,11-9-12-17-5)13-16-14(3)4/h14,16H,6-13H2,1-5H3. The van der Waals surface area contributed by atoms with Crippen LogP contribution >= 0.6 is 0 Å². The number of ether oxygens (including phenoxy) is 1. The summed E-state index contributed by atoms with van der Waals surface area (Å²) >= 11 is 0. The summed E-state index contributed by atoms with van der Waals surface area (Å²) in [7, 11) is 1.80. The lowest BCUT2D eigenvalue weighted by Crippen LogP contribution is -2.37. The fraction of sp³-hybridized carbons (Fsp3) is 1.00. The number of methoxy groups -OCH3 is 1. The molecule has 2 heteroatoms. The fourth-order valence-corrected chi connectivity index (χ4v) is 2.34. The van der Waals surface area contributed by atoms with E-state index in [1.807, 2.05) is 0 Å². The maximum atomic E-state index is 5.19. The van der Waals surface area contributed by atoms with Crippen molar-refractivity contribution in [3.05, 3.63) is 0 Å². The molecule has 0 bridgehead atoms. The Labute approximate surface area is 109 Å². The van der Waals surface area contributed by atoms with Gasteiger partial charge in [0.1, 0.15) is 0 Å². The largest absolute Gasteiger partial charge is 0.385 e. The molecule has 2 nitrogen and oxygen atoms in total. The second kappa shape index (κ2) is 9.90. The molecule has 0 aromatic carbocycles. The summed E-state index contributed by atoms with van der Waals surface area (Å²) in [5, 5.41) is 3.63. The molecule has 0 aromatic rings. The van der Waals surface area contributed by atoms with E-state index >= 15 is 0 Å². The molecule has 0 aliphatic carbocycles. The van der Waals surface area contributed by atoms with Gasteiger partial charge in [-0.25, -0.2) is 0 Å². The van der Waals surface area contributed by atoms with Gasteiger partial charge in [-0.05, 0) is 31.1 Å². The van der Waals surface area contributed by atoms with Crippen molar-refractivity contribution in [1.82, 2.24) is 5.32 Å². The second-order valence-corrected chi connectivity index (χ2v) is 5.59. The molecule has 0 fully saturated rings. The van der Waals surface area contributed by atoms with Crippen molar-refractivity contribution in [2.45, 2.75) is 72.3 Å². The van der Waals surface area contributed by atoms with Crippen molar-refractivity contribution in [1.29, 1.82) is 0 Å². The van der Waals surface area contributed by atoms with Crippen LogP contribution in [0.2, 0.25) is 0 Å². The summed E-state index contributed by atoms with van der Waals surface area (Å²) in [4.78, 5) is 0. The van der Waals surface area contributed by atoms with Gasteiger partial charge in [-0.1, -0.05) is 40.5 Å². The van der Waals surface area contributed by atoms with Crippen LogP contribution in [0.3, 0.4) is 0 Å². The first-order valence-electron chi connectivity index (χ1n) is 7.32. The number of rotatable bonds is 11. The van der Waals surface area contributed by atoms with Crippen molar-refractivity contribution in [2.75, 3.05) is 20.3 Å². The molecule has 0 spiro atoms. The summed E-state index contributed by atoms with van der Waals surface area (Å²) < 4.78 is 5.19. The van der Waals surface area contributed by atoms with E-state index < -0.39 is 0 Å². The number of nitrogens with one attached hydrogen (secondary N) is 1. The highest BCUT2D eigenvalue weighted by Crippen LogP contribution is 2.33. The van der Waals surface area contributed by atoms with Gasteiger partial charge < -0.3 is 10.1 Å². The molecule has 0 aromatic heterocycles. The van der Waals surface area contributed by atoms with Crippen molar-refractivity contribution < 1.29 is 4.74 Å². The van der Waals surface area contributed by atoms with Gasteiger partial charge in [0, 0.05) is 26.3 Å². The Balaban J connectivity index is 4.27. The Hall–Kier alpha value is -0.0800. The molecule has 0 saturated carbocycles. The second-order valence-electron chi connectivity index (χ2n) is 5.59. The molecular formula is C15H33NO. The predicted molar refractivity (Wildman–Crippen MR) is 76.5 cm³/mol. The van der Waals surface area contributed by atoms with Gasteiger partial charge in [0.05, 0.1) is 0 Å². The van der Waals surface area contributed by atoms with E-state index in [1.165, 1.54) is 38.5 Å². The maximum Gasteiger partial charge on any atom is 0.0462 e. The molecule has 0 aliphatic rings. The lowest BCUT2D eigenvalue weighted by molar-refractivity contribution is 0.149. The average Bonchev–Trinajstić information content (AvgIpc) is 2.32. The van der Waals surface area contributed by atoms with Crippen LogP contribution in [0.25, 0.3) is 0 Å². The van der Waals surface area contributed by atoms with Crippen molar-refractivity contribution in [2.24, 2.45) is 5.41 Å². The minimum absolute atomic E-state index is 0.485. The van der Waals surface area contributed by atoms with Crippen molar-refractivity contribution in [3.8, 4) is 0 Å². The molecule has 17 heavy (non-hydrogen) atoms. The quantitative estimate of drug-likeness (QED) is 0.554. The highest BCUT2D eigenvalue weighted by atomic mass is 16.5. The van der Waals surface area contributed by atoms with Gasteiger partial charge in [-0.3, -0.25) is 0 Å². The normalized spacial score (nSPS) is 15.2. The van der Waals surface area contributed by atoms with E-state index in [2.05, 4.69) is 33.0 Å². The average molecular weight is 243 g/mol. The maximum absolute atomic E-state index is 5.19. The molecular weight excluding hydrogens is 210 g/mol. The number of unbranched alkanes of at least 4 members (excludes halogenated alkanes) is 1. The predicted octanol–water partition coefficient (Wildman–Crippen LogP) is 4.00. The van der Waals surface area contributed by atoms with E-state index in [0.717, 1.165) is 13.2 Å². The van der Waals surface area contributed by atoms with Crippen molar-refractivity contribution >= 4 is 0 Å². The van der Waals surface area contributed by atoms with Gasteiger partial charge in [-0.2, -0.15) is 0 Å². The summed E-state index contributed by atoms with van der Waals surface area (Å²) in [5.74, 6) is 0. The minimum Gasteiger partial charge on any atom is -0.385 e. The zero-order valence-electron chi connectivity index (χ0n) is 12.6. The lowest BCUT2D eigenvalue weighted by atomic mass is 9.76. The lowest BCUT2D eigenvalue weighted by Gasteiger charge is -2.34. The molecule has 1 atom stereocenters. The highest BCUT2D eigenvalue weighted by Gasteiger charge is 2.26. The SMILES string of the molecule is CCCCC(CC)(CCCOC)CNC(C)C. The zero-order valence-corrected chi connectivity index (χ0v) is 12.6. The van der Waals surface area contributed by atoms with Crippen LogP contribution < -0.4 is 5.32 Å². The smallest absolute Gasteiger partial charge is 0.0462 e. The first kappa shape index (κ1) is 16.9. The molecule has 0 rings (SSSR count). The molecule has 1 N–H and O–H groups in total. The first-order valence-corrected chi connectivity index (χ1v) is 7.32. The van der Waals surface area contributed by atoms with Gasteiger partial charge in [0.15, 0.2) is 0 Å². The Bertz CT molecular complexity index is 170. The van der Waals surface area contributed by atoms with Crippen LogP contribution in [-0.2, 0) is 4.74 Å². The molecule has 0 radical (unpaired) electrons. The monoisotopic (exact) mass is 243 g/mol. The number of hydrogen-bond donors (Lipinski definition) is 1. The van der Waals surface area contributed by atoms with Crippen LogP contribution in [0.5, 0.6) is 0 Å². The topological polar surface area (TPSA) is 21.3 Å². The van der Waals surface area contributed by atoms with Crippen LogP contribution in [-0.4, -0.2) is 26.3 Å². The Kier molecular flexibility index (Phi) is 9.85. The third-order valence-corrected chi connectivity index (χ3v) is 3.75. The van der Waals surface area contributed by atoms with E-state index in [4.69, 9.17) is 4.74 Å². The van der Waals surface area contributed by atoms with Crippen LogP contribution in [0.4, 0.5) is 0 Å². The van der Waals surface area contributed by atoms with Crippen LogP contribution in [0, 0.1) is 5.41 Å². The molecule has 0 heterocycles. The first-order chi connectivity index (χ1) is 8.10. The van der Waals surface area contributed by atoms with Crippen LogP contribution in [0.1, 0.15) is 66.2 Å². The zero-order chi connectivity index (χ0) is 13.1. The molecule has 0 saturated heterocycles. The molecule has 0 amide bonds. The summed E-state index contributed by atoms with van der Waals surface area (Å²) in [5.41, 5.74) is 0.485. The minimum atomic E-state index is 0.485. The van der Waals surface area contributed by atoms with Crippen molar-refractivity contribution in [3.63, 3.8) is 0 Å². The third kappa shape index (κ3) is 7.77. The third-order valence-electron chi connectivity index (χ3n) is 3.75. The van der Waals surface area contributed by atoms with E-state index in [1.54, 1.807) is 7.11 Å². The summed E-state index contributed by atoms with van der Waals surface area (Å²) in [6.45, 7) is 11.1. The highest BCUT2D eigenvalue weighted by molar-refractivity contribution is 4.81. The molecule has 1 unspecified atom stereocenters. The Morgan fingerprint density at radius 1 is 1.12 bits per heavy atom. The fourth-order valence-electron chi connectivity index (χ4n) is 2.34.